The van der Waals surface area contributed by atoms with Gasteiger partial charge in [-0.1, -0.05) is 84.4 Å². The van der Waals surface area contributed by atoms with Crippen LogP contribution >= 0.6 is 0 Å². The Labute approximate surface area is 349 Å². The third-order valence-electron chi connectivity index (χ3n) is 14.5. The molecule has 11 rings (SSSR count). The van der Waals surface area contributed by atoms with E-state index in [9.17, 15) is 0 Å². The van der Waals surface area contributed by atoms with Crippen LogP contribution in [0.1, 0.15) is 166 Å². The van der Waals surface area contributed by atoms with E-state index in [-0.39, 0.29) is 16.2 Å². The van der Waals surface area contributed by atoms with Gasteiger partial charge >= 0.3 is 89.5 Å². The largest absolute Gasteiger partial charge is 0.266 e. The quantitative estimate of drug-likeness (QED) is 0.181. The first-order valence-electron chi connectivity index (χ1n) is 21.4. The first-order chi connectivity index (χ1) is 25.8. The average Bonchev–Trinajstić information content (AvgIpc) is 3.75. The first kappa shape index (κ1) is 39.2. The maximum atomic E-state index is 3.65. The maximum Gasteiger partial charge on any atom is 0.00873 e. The minimum absolute atomic E-state index is 0.0340. The molecule has 8 aliphatic rings. The Balaban J connectivity index is 0.000000125. The molecular formula is C54H64Zr. The molecule has 0 amide bonds. The van der Waals surface area contributed by atoms with Gasteiger partial charge in [-0.15, -0.1) is 11.6 Å². The van der Waals surface area contributed by atoms with Crippen LogP contribution in [0.15, 0.2) is 71.8 Å². The summed E-state index contributed by atoms with van der Waals surface area (Å²) in [6, 6.07) is 18.6. The van der Waals surface area contributed by atoms with Crippen molar-refractivity contribution in [3.8, 4) is 11.1 Å². The summed E-state index contributed by atoms with van der Waals surface area (Å²) < 4.78 is 2.21. The molecule has 1 unspecified atom stereocenters. The summed E-state index contributed by atoms with van der Waals surface area (Å²) in [5.74, 6) is 3.82. The second kappa shape index (κ2) is 14.0. The zero-order valence-corrected chi connectivity index (χ0v) is 38.3. The Morgan fingerprint density at radius 2 is 1.31 bits per heavy atom. The molecular weight excluding hydrogens is 740 g/mol. The van der Waals surface area contributed by atoms with Gasteiger partial charge in [0.05, 0.1) is 0 Å². The summed E-state index contributed by atoms with van der Waals surface area (Å²) in [4.78, 5) is 0. The summed E-state index contributed by atoms with van der Waals surface area (Å²) in [6.45, 7) is 24.9. The number of hydrogen-bond acceptors (Lipinski definition) is 0. The molecule has 4 saturated carbocycles. The summed E-state index contributed by atoms with van der Waals surface area (Å²) in [7, 11) is 0. The molecule has 0 radical (unpaired) electrons. The topological polar surface area (TPSA) is 0 Å². The minimum atomic E-state index is 0.0340. The Morgan fingerprint density at radius 3 is 1.84 bits per heavy atom. The van der Waals surface area contributed by atoms with Crippen molar-refractivity contribution >= 4 is 14.9 Å². The van der Waals surface area contributed by atoms with Crippen molar-refractivity contribution in [3.05, 3.63) is 128 Å². The van der Waals surface area contributed by atoms with Gasteiger partial charge in [0.25, 0.3) is 0 Å². The van der Waals surface area contributed by atoms with Crippen molar-refractivity contribution in [2.75, 3.05) is 0 Å². The van der Waals surface area contributed by atoms with Crippen molar-refractivity contribution in [1.82, 2.24) is 0 Å². The van der Waals surface area contributed by atoms with Crippen LogP contribution in [0.4, 0.5) is 0 Å². The molecule has 0 aromatic heterocycles. The third kappa shape index (κ3) is 7.48. The van der Waals surface area contributed by atoms with Gasteiger partial charge in [0.1, 0.15) is 0 Å². The molecule has 0 aliphatic heterocycles. The molecule has 3 aromatic rings. The molecule has 3 aromatic carbocycles. The van der Waals surface area contributed by atoms with E-state index in [1.807, 2.05) is 0 Å². The second-order valence-corrected chi connectivity index (χ2v) is 21.8. The van der Waals surface area contributed by atoms with Crippen LogP contribution in [0.2, 0.25) is 0 Å². The van der Waals surface area contributed by atoms with E-state index >= 15 is 0 Å². The summed E-state index contributed by atoms with van der Waals surface area (Å²) in [6.07, 6.45) is 23.9. The fraction of sp³-hybridized carbons (Fsp3) is 0.500. The standard InChI is InChI=1S/C25H25.C18H25.C11H14.Zr/c1-14-12-24(3,4)22-8-16-7-17-9-23-19(15(2)13-25(23,5)6)11-21(17)20(16)10-18(14)22;1-12-3-13(2)17(4-12)11-18-8-14-5-15(9-18)7-16(6-14)10-18;1-9-5-7-10(8-6-9)11(2,3)4;/h8-12H,7H2,1-6H3;4,12,14-16H,5-11H2,1-2H3;1,5-8H,2-4H3;/q2*-1;;+2. The molecule has 284 valence electrons. The van der Waals surface area contributed by atoms with Gasteiger partial charge in [0.2, 0.25) is 0 Å². The van der Waals surface area contributed by atoms with Crippen LogP contribution in [0, 0.1) is 41.2 Å². The zero-order chi connectivity index (χ0) is 39.2. The van der Waals surface area contributed by atoms with E-state index in [0.717, 1.165) is 24.2 Å². The number of hydrogen-bond donors (Lipinski definition) is 0. The molecule has 4 bridgehead atoms. The molecule has 8 aliphatic carbocycles. The Hall–Kier alpha value is -2.63. The second-order valence-electron chi connectivity index (χ2n) is 21.1. The van der Waals surface area contributed by atoms with Crippen LogP contribution in [-0.4, -0.2) is 3.71 Å². The van der Waals surface area contributed by atoms with Crippen LogP contribution < -0.4 is 0 Å². The Bertz CT molecular complexity index is 2050. The molecule has 0 spiro atoms. The average molecular weight is 804 g/mol. The van der Waals surface area contributed by atoms with Gasteiger partial charge in [-0.2, -0.15) is 17.2 Å². The van der Waals surface area contributed by atoms with E-state index in [4.69, 9.17) is 0 Å². The Kier molecular flexibility index (Phi) is 10.0. The number of allylic oxidation sites excluding steroid dienone is 8. The van der Waals surface area contributed by atoms with E-state index < -0.39 is 0 Å². The molecule has 0 nitrogen and oxygen atoms in total. The van der Waals surface area contributed by atoms with E-state index in [2.05, 4.69) is 153 Å². The third-order valence-corrected chi connectivity index (χ3v) is 15.3. The van der Waals surface area contributed by atoms with Crippen LogP contribution in [0.3, 0.4) is 0 Å². The van der Waals surface area contributed by atoms with E-state index in [1.165, 1.54) is 103 Å². The van der Waals surface area contributed by atoms with Gasteiger partial charge in [-0.25, -0.2) is 11.1 Å². The molecule has 0 saturated heterocycles. The van der Waals surface area contributed by atoms with Gasteiger partial charge < -0.3 is 0 Å². The molecule has 55 heavy (non-hydrogen) atoms. The SMILES string of the molecule is CC(C)(C)c1ccc([CH]=[Zr+2])cc1.CC1=[C-]C(C)(C)c2cc3c(cc21)-c1cc2c(cc1C3)C(C)(C)C=C2C.CC1=[C-]C(C)C=C1CC12CC3CC(CC(C3)C1)C2. The van der Waals surface area contributed by atoms with Crippen LogP contribution in [0.5, 0.6) is 0 Å². The van der Waals surface area contributed by atoms with Gasteiger partial charge in [-0.05, 0) is 120 Å². The molecule has 0 heterocycles. The fourth-order valence-electron chi connectivity index (χ4n) is 12.4. The predicted octanol–water partition coefficient (Wildman–Crippen LogP) is 14.0. The molecule has 1 heteroatoms. The number of benzene rings is 3. The first-order valence-corrected chi connectivity index (χ1v) is 22.8. The van der Waals surface area contributed by atoms with Gasteiger partial charge in [0, 0.05) is 5.41 Å². The molecule has 1 atom stereocenters. The minimum Gasteiger partial charge on any atom is -0.266 e. The summed E-state index contributed by atoms with van der Waals surface area (Å²) >= 11 is 1.46. The maximum absolute atomic E-state index is 3.65. The normalized spacial score (nSPS) is 28.0. The van der Waals surface area contributed by atoms with Gasteiger partial charge in [-0.3, -0.25) is 12.2 Å². The van der Waals surface area contributed by atoms with Crippen molar-refractivity contribution in [2.45, 2.75) is 144 Å². The van der Waals surface area contributed by atoms with E-state index in [0.29, 0.717) is 11.3 Å². The number of rotatable bonds is 3. The fourth-order valence-corrected chi connectivity index (χ4v) is 12.8. The summed E-state index contributed by atoms with van der Waals surface area (Å²) in [5.41, 5.74) is 21.4. The van der Waals surface area contributed by atoms with Crippen LogP contribution in [0.25, 0.3) is 22.3 Å². The van der Waals surface area contributed by atoms with Crippen molar-refractivity contribution < 1.29 is 24.2 Å². The Morgan fingerprint density at radius 1 is 0.745 bits per heavy atom. The summed E-state index contributed by atoms with van der Waals surface area (Å²) in [5, 5.41) is 0. The molecule has 4 fully saturated rings. The van der Waals surface area contributed by atoms with E-state index in [1.54, 1.807) is 44.1 Å². The van der Waals surface area contributed by atoms with Crippen molar-refractivity contribution in [1.29, 1.82) is 0 Å². The van der Waals surface area contributed by atoms with Crippen molar-refractivity contribution in [2.24, 2.45) is 29.1 Å². The van der Waals surface area contributed by atoms with Crippen molar-refractivity contribution in [3.63, 3.8) is 0 Å². The smallest absolute Gasteiger partial charge is 0.00873 e. The molecule has 0 N–H and O–H groups in total. The zero-order valence-electron chi connectivity index (χ0n) is 35.8. The van der Waals surface area contributed by atoms with Crippen LogP contribution in [-0.2, 0) is 46.9 Å². The monoisotopic (exact) mass is 802 g/mol. The predicted molar refractivity (Wildman–Crippen MR) is 232 cm³/mol. The van der Waals surface area contributed by atoms with Gasteiger partial charge in [0.15, 0.2) is 0 Å². The number of fused-ring (bicyclic) bond motifs is 5.